The highest BCUT2D eigenvalue weighted by Crippen LogP contribution is 2.25. The van der Waals surface area contributed by atoms with Crippen LogP contribution in [0.25, 0.3) is 0 Å². The van der Waals surface area contributed by atoms with E-state index in [4.69, 9.17) is 0 Å². The quantitative estimate of drug-likeness (QED) is 0.433. The molecule has 1 N–H and O–H groups in total. The molecular formula is C29H41N3O4S. The minimum Gasteiger partial charge on any atom is -0.352 e. The van der Waals surface area contributed by atoms with Crippen LogP contribution in [-0.4, -0.2) is 50.0 Å². The van der Waals surface area contributed by atoms with Crippen LogP contribution >= 0.6 is 0 Å². The zero-order chi connectivity index (χ0) is 27.0. The minimum absolute atomic E-state index is 0.105. The summed E-state index contributed by atoms with van der Waals surface area (Å²) >= 11 is 0. The van der Waals surface area contributed by atoms with Gasteiger partial charge in [0.25, 0.3) is 0 Å². The molecule has 1 atom stereocenters. The summed E-state index contributed by atoms with van der Waals surface area (Å²) in [5.41, 5.74) is 3.43. The van der Waals surface area contributed by atoms with E-state index >= 15 is 0 Å². The van der Waals surface area contributed by atoms with Crippen molar-refractivity contribution in [2.24, 2.45) is 0 Å². The van der Waals surface area contributed by atoms with Gasteiger partial charge in [-0.25, -0.2) is 8.42 Å². The molecule has 0 aliphatic heterocycles. The first kappa shape index (κ1) is 28.7. The molecule has 1 aliphatic rings. The number of carbonyl (C=O) groups is 2. The monoisotopic (exact) mass is 527 g/mol. The van der Waals surface area contributed by atoms with E-state index in [1.165, 1.54) is 10.6 Å². The van der Waals surface area contributed by atoms with Crippen molar-refractivity contribution in [1.82, 2.24) is 10.2 Å². The molecule has 1 saturated carbocycles. The largest absolute Gasteiger partial charge is 0.352 e. The van der Waals surface area contributed by atoms with Crippen LogP contribution in [0.4, 0.5) is 5.69 Å². The number of aryl methyl sites for hydroxylation is 2. The fourth-order valence-corrected chi connectivity index (χ4v) is 6.05. The third kappa shape index (κ3) is 8.06. The molecule has 0 heterocycles. The van der Waals surface area contributed by atoms with Gasteiger partial charge < -0.3 is 10.2 Å². The molecule has 1 aliphatic carbocycles. The molecule has 0 bridgehead atoms. The Labute approximate surface area is 222 Å². The summed E-state index contributed by atoms with van der Waals surface area (Å²) in [4.78, 5) is 28.5. The zero-order valence-electron chi connectivity index (χ0n) is 22.6. The lowest BCUT2D eigenvalue weighted by atomic mass is 10.1. The second-order valence-electron chi connectivity index (χ2n) is 10.1. The Hall–Kier alpha value is -2.87. The SMILES string of the molecule is CC[C@@H](C(=O)NC1CCCC1)N(Cc1ccccc1)C(=O)CCCN(c1cc(C)ccc1C)S(C)(=O)=O. The normalized spacial score (nSPS) is 14.8. The van der Waals surface area contributed by atoms with Gasteiger partial charge in [0.1, 0.15) is 6.04 Å². The summed E-state index contributed by atoms with van der Waals surface area (Å²) in [7, 11) is -3.53. The molecule has 37 heavy (non-hydrogen) atoms. The van der Waals surface area contributed by atoms with Crippen molar-refractivity contribution >= 4 is 27.5 Å². The van der Waals surface area contributed by atoms with Crippen LogP contribution in [0.2, 0.25) is 0 Å². The smallest absolute Gasteiger partial charge is 0.243 e. The Balaban J connectivity index is 1.75. The predicted molar refractivity (Wildman–Crippen MR) is 149 cm³/mol. The molecule has 3 rings (SSSR count). The van der Waals surface area contributed by atoms with Crippen molar-refractivity contribution in [2.75, 3.05) is 17.1 Å². The van der Waals surface area contributed by atoms with E-state index in [0.717, 1.165) is 42.4 Å². The van der Waals surface area contributed by atoms with Gasteiger partial charge in [0.05, 0.1) is 11.9 Å². The number of benzene rings is 2. The number of sulfonamides is 1. The standard InChI is InChI=1S/C29H41N3O4S/c1-5-26(29(34)30-25-14-9-10-15-25)31(21-24-12-7-6-8-13-24)28(33)16-11-19-32(37(4,35)36)27-20-22(2)17-18-23(27)3/h6-8,12-13,17-18,20,25-26H,5,9-11,14-16,19,21H2,1-4H3,(H,30,34)/t26-/m0/s1. The van der Waals surface area contributed by atoms with E-state index < -0.39 is 16.1 Å². The maximum absolute atomic E-state index is 13.6. The number of amides is 2. The van der Waals surface area contributed by atoms with Crippen molar-refractivity contribution in [3.05, 3.63) is 65.2 Å². The Kier molecular flexibility index (Phi) is 10.1. The van der Waals surface area contributed by atoms with Crippen molar-refractivity contribution in [3.63, 3.8) is 0 Å². The van der Waals surface area contributed by atoms with Gasteiger partial charge in [0, 0.05) is 25.6 Å². The highest BCUT2D eigenvalue weighted by atomic mass is 32.2. The number of hydrogen-bond donors (Lipinski definition) is 1. The number of anilines is 1. The number of nitrogens with zero attached hydrogens (tertiary/aromatic N) is 2. The first-order valence-electron chi connectivity index (χ1n) is 13.3. The van der Waals surface area contributed by atoms with Gasteiger partial charge in [-0.3, -0.25) is 13.9 Å². The predicted octanol–water partition coefficient (Wildman–Crippen LogP) is 4.72. The summed E-state index contributed by atoms with van der Waals surface area (Å²) in [5, 5.41) is 3.16. The molecule has 202 valence electrons. The minimum atomic E-state index is -3.53. The van der Waals surface area contributed by atoms with Crippen molar-refractivity contribution in [2.45, 2.75) is 84.3 Å². The molecule has 2 aromatic carbocycles. The second-order valence-corrected chi connectivity index (χ2v) is 12.1. The number of hydrogen-bond acceptors (Lipinski definition) is 4. The van der Waals surface area contributed by atoms with E-state index in [1.54, 1.807) is 4.90 Å². The molecule has 8 heteroatoms. The first-order valence-corrected chi connectivity index (χ1v) is 15.1. The average molecular weight is 528 g/mol. The van der Waals surface area contributed by atoms with E-state index in [1.807, 2.05) is 69.3 Å². The van der Waals surface area contributed by atoms with E-state index in [2.05, 4.69) is 5.32 Å². The lowest BCUT2D eigenvalue weighted by Crippen LogP contribution is -2.51. The van der Waals surface area contributed by atoms with E-state index in [-0.39, 0.29) is 30.8 Å². The van der Waals surface area contributed by atoms with Crippen molar-refractivity contribution in [1.29, 1.82) is 0 Å². The maximum atomic E-state index is 13.6. The number of nitrogens with one attached hydrogen (secondary N) is 1. The van der Waals surface area contributed by atoms with E-state index in [0.29, 0.717) is 25.1 Å². The zero-order valence-corrected chi connectivity index (χ0v) is 23.4. The van der Waals surface area contributed by atoms with Crippen LogP contribution in [0, 0.1) is 13.8 Å². The average Bonchev–Trinajstić information content (AvgIpc) is 3.36. The van der Waals surface area contributed by atoms with Gasteiger partial charge in [-0.1, -0.05) is 62.2 Å². The van der Waals surface area contributed by atoms with Crippen LogP contribution < -0.4 is 9.62 Å². The molecule has 0 aromatic heterocycles. The second kappa shape index (κ2) is 13.1. The summed E-state index contributed by atoms with van der Waals surface area (Å²) in [5.74, 6) is -0.251. The Morgan fingerprint density at radius 2 is 1.73 bits per heavy atom. The van der Waals surface area contributed by atoms with Crippen LogP contribution in [0.5, 0.6) is 0 Å². The Morgan fingerprint density at radius 1 is 1.05 bits per heavy atom. The van der Waals surface area contributed by atoms with Crippen molar-refractivity contribution < 1.29 is 18.0 Å². The van der Waals surface area contributed by atoms with Gasteiger partial charge in [-0.2, -0.15) is 0 Å². The molecule has 2 amide bonds. The third-order valence-corrected chi connectivity index (χ3v) is 8.25. The summed E-state index contributed by atoms with van der Waals surface area (Å²) in [6.07, 6.45) is 6.40. The van der Waals surface area contributed by atoms with Gasteiger partial charge in [-0.15, -0.1) is 0 Å². The molecule has 0 radical (unpaired) electrons. The van der Waals surface area contributed by atoms with Crippen LogP contribution in [0.1, 0.15) is 68.6 Å². The fraction of sp³-hybridized carbons (Fsp3) is 0.517. The van der Waals surface area contributed by atoms with Gasteiger partial charge in [-0.05, 0) is 62.3 Å². The van der Waals surface area contributed by atoms with Crippen LogP contribution in [-0.2, 0) is 26.2 Å². The van der Waals surface area contributed by atoms with E-state index in [9.17, 15) is 18.0 Å². The summed E-state index contributed by atoms with van der Waals surface area (Å²) in [6, 6.07) is 15.0. The molecule has 2 aromatic rings. The molecular weight excluding hydrogens is 486 g/mol. The molecule has 0 unspecified atom stereocenters. The lowest BCUT2D eigenvalue weighted by molar-refractivity contribution is -0.141. The first-order chi connectivity index (χ1) is 17.6. The molecule has 0 saturated heterocycles. The Morgan fingerprint density at radius 3 is 2.35 bits per heavy atom. The van der Waals surface area contributed by atoms with Gasteiger partial charge in [0.2, 0.25) is 21.8 Å². The maximum Gasteiger partial charge on any atom is 0.243 e. The summed E-state index contributed by atoms with van der Waals surface area (Å²) in [6.45, 7) is 6.27. The van der Waals surface area contributed by atoms with Gasteiger partial charge >= 0.3 is 0 Å². The van der Waals surface area contributed by atoms with Gasteiger partial charge in [0.15, 0.2) is 0 Å². The molecule has 1 fully saturated rings. The molecule has 7 nitrogen and oxygen atoms in total. The van der Waals surface area contributed by atoms with Crippen LogP contribution in [0.15, 0.2) is 48.5 Å². The number of carbonyl (C=O) groups excluding carboxylic acids is 2. The topological polar surface area (TPSA) is 86.8 Å². The highest BCUT2D eigenvalue weighted by molar-refractivity contribution is 7.92. The van der Waals surface area contributed by atoms with Crippen LogP contribution in [0.3, 0.4) is 0 Å². The highest BCUT2D eigenvalue weighted by Gasteiger charge is 2.30. The summed E-state index contributed by atoms with van der Waals surface area (Å²) < 4.78 is 26.6. The number of rotatable bonds is 12. The van der Waals surface area contributed by atoms with Crippen molar-refractivity contribution in [3.8, 4) is 0 Å². The lowest BCUT2D eigenvalue weighted by Gasteiger charge is -2.32. The Bertz CT molecular complexity index is 1160. The molecule has 0 spiro atoms. The fourth-order valence-electron chi connectivity index (χ4n) is 5.04. The third-order valence-electron chi connectivity index (χ3n) is 7.07.